The highest BCUT2D eigenvalue weighted by molar-refractivity contribution is 8.01. The van der Waals surface area contributed by atoms with Crippen LogP contribution in [0.2, 0.25) is 19.1 Å². The highest BCUT2D eigenvalue weighted by atomic mass is 31.2. The first-order chi connectivity index (χ1) is 17.0. The highest BCUT2D eigenvalue weighted by Gasteiger charge is 2.50. The van der Waals surface area contributed by atoms with E-state index in [1.807, 2.05) is 19.2 Å². The van der Waals surface area contributed by atoms with Gasteiger partial charge >= 0.3 is 0 Å². The van der Waals surface area contributed by atoms with Gasteiger partial charge in [-0.2, -0.15) is 0 Å². The summed E-state index contributed by atoms with van der Waals surface area (Å²) in [5.74, 6) is 1.07. The van der Waals surface area contributed by atoms with Crippen LogP contribution >= 0.6 is 7.26 Å². The molecule has 0 atom stereocenters. The smallest absolute Gasteiger partial charge is 0.186 e. The van der Waals surface area contributed by atoms with Crippen LogP contribution in [-0.2, 0) is 4.43 Å². The van der Waals surface area contributed by atoms with E-state index in [9.17, 15) is 5.11 Å². The fourth-order valence-electron chi connectivity index (χ4n) is 4.49. The molecule has 0 bridgehead atoms. The number of phenols is 1. The Hall–Kier alpha value is -2.91. The van der Waals surface area contributed by atoms with Crippen molar-refractivity contribution < 1.29 is 14.3 Å². The van der Waals surface area contributed by atoms with Gasteiger partial charge in [0.2, 0.25) is 0 Å². The Morgan fingerprint density at radius 1 is 0.714 bits per heavy atom. The standard InChI is InChI=1S/C30H33O3PSi/c1-32-35(2,3)23-13-22-33-29-21-20-25(31)24-30(29)34(26-14-7-4-8-15-26,27-16-9-5-10-17-27)28-18-11-6-12-19-28/h4-12,14-21,24H,13,22-23H2,1-3H3/p+1. The number of phenolic OH excluding ortho intramolecular Hbond substituents is 1. The van der Waals surface area contributed by atoms with Crippen molar-refractivity contribution in [2.45, 2.75) is 25.6 Å². The molecule has 0 fully saturated rings. The van der Waals surface area contributed by atoms with Crippen molar-refractivity contribution in [3.05, 3.63) is 109 Å². The maximum atomic E-state index is 10.7. The second-order valence-corrected chi connectivity index (χ2v) is 17.0. The largest absolute Gasteiger partial charge is 0.508 e. The Morgan fingerprint density at radius 3 is 1.66 bits per heavy atom. The van der Waals surface area contributed by atoms with Crippen molar-refractivity contribution in [1.82, 2.24) is 0 Å². The third-order valence-corrected chi connectivity index (χ3v) is 13.4. The Bertz CT molecular complexity index is 1120. The lowest BCUT2D eigenvalue weighted by Gasteiger charge is -2.29. The first-order valence-corrected chi connectivity index (χ1v) is 17.0. The first kappa shape index (κ1) is 25.2. The summed E-state index contributed by atoms with van der Waals surface area (Å²) in [6.07, 6.45) is 0.931. The summed E-state index contributed by atoms with van der Waals surface area (Å²) in [6.45, 7) is 5.07. The molecule has 0 aliphatic carbocycles. The second-order valence-electron chi connectivity index (χ2n) is 9.25. The fraction of sp³-hybridized carbons (Fsp3) is 0.200. The van der Waals surface area contributed by atoms with Crippen LogP contribution in [-0.4, -0.2) is 27.1 Å². The average molecular weight is 502 g/mol. The molecule has 4 rings (SSSR count). The van der Waals surface area contributed by atoms with Gasteiger partial charge < -0.3 is 14.3 Å². The van der Waals surface area contributed by atoms with Gasteiger partial charge in [0, 0.05) is 13.2 Å². The van der Waals surface area contributed by atoms with E-state index in [0.29, 0.717) is 6.61 Å². The number of hydrogen-bond acceptors (Lipinski definition) is 3. The molecule has 0 saturated carbocycles. The van der Waals surface area contributed by atoms with Crippen molar-refractivity contribution in [2.75, 3.05) is 13.7 Å². The molecule has 3 nitrogen and oxygen atoms in total. The van der Waals surface area contributed by atoms with Crippen LogP contribution < -0.4 is 26.0 Å². The van der Waals surface area contributed by atoms with Gasteiger partial charge in [-0.1, -0.05) is 54.6 Å². The van der Waals surface area contributed by atoms with Crippen molar-refractivity contribution in [2.24, 2.45) is 0 Å². The molecule has 0 heterocycles. The van der Waals surface area contributed by atoms with Gasteiger partial charge in [0.1, 0.15) is 28.9 Å². The van der Waals surface area contributed by atoms with Gasteiger partial charge in [0.15, 0.2) is 19.4 Å². The Kier molecular flexibility index (Phi) is 8.07. The van der Waals surface area contributed by atoms with Gasteiger partial charge in [0.05, 0.1) is 6.61 Å². The minimum atomic E-state index is -2.36. The van der Waals surface area contributed by atoms with Crippen molar-refractivity contribution in [3.8, 4) is 11.5 Å². The third kappa shape index (κ3) is 5.51. The van der Waals surface area contributed by atoms with E-state index in [1.165, 1.54) is 15.9 Å². The maximum Gasteiger partial charge on any atom is 0.186 e. The molecule has 0 aliphatic heterocycles. The molecule has 0 aromatic heterocycles. The first-order valence-electron chi connectivity index (χ1n) is 12.0. The second kappa shape index (κ2) is 11.2. The van der Waals surface area contributed by atoms with Gasteiger partial charge in [-0.3, -0.25) is 0 Å². The topological polar surface area (TPSA) is 38.7 Å². The zero-order valence-corrected chi connectivity index (χ0v) is 22.6. The Balaban J connectivity index is 1.90. The molecule has 5 heteroatoms. The lowest BCUT2D eigenvalue weighted by Crippen LogP contribution is -2.39. The number of rotatable bonds is 10. The Labute approximate surface area is 210 Å². The van der Waals surface area contributed by atoms with E-state index in [0.717, 1.165) is 23.5 Å². The highest BCUT2D eigenvalue weighted by Crippen LogP contribution is 2.56. The Morgan fingerprint density at radius 2 is 1.20 bits per heavy atom. The third-order valence-electron chi connectivity index (χ3n) is 6.47. The van der Waals surface area contributed by atoms with Gasteiger partial charge in [0.25, 0.3) is 0 Å². The number of ether oxygens (including phenoxy) is 1. The van der Waals surface area contributed by atoms with Gasteiger partial charge in [-0.15, -0.1) is 0 Å². The van der Waals surface area contributed by atoms with Crippen LogP contribution in [0, 0.1) is 0 Å². The van der Waals surface area contributed by atoms with Crippen molar-refractivity contribution in [1.29, 1.82) is 0 Å². The molecule has 4 aromatic carbocycles. The number of benzene rings is 4. The zero-order chi connectivity index (χ0) is 24.7. The van der Waals surface area contributed by atoms with Crippen molar-refractivity contribution in [3.63, 3.8) is 0 Å². The predicted octanol–water partition coefficient (Wildman–Crippen LogP) is 5.63. The number of hydrogen-bond donors (Lipinski definition) is 1. The summed E-state index contributed by atoms with van der Waals surface area (Å²) < 4.78 is 12.2. The van der Waals surface area contributed by atoms with E-state index in [2.05, 4.69) is 104 Å². The van der Waals surface area contributed by atoms with E-state index >= 15 is 0 Å². The normalized spacial score (nSPS) is 11.9. The molecule has 1 N–H and O–H groups in total. The molecular formula is C30H34O3PSi+. The predicted molar refractivity (Wildman–Crippen MR) is 152 cm³/mol. The van der Waals surface area contributed by atoms with Gasteiger partial charge in [-0.25, -0.2) is 0 Å². The molecule has 0 unspecified atom stereocenters. The molecule has 0 amide bonds. The molecule has 0 spiro atoms. The monoisotopic (exact) mass is 501 g/mol. The summed E-state index contributed by atoms with van der Waals surface area (Å²) in [5.41, 5.74) is 0. The summed E-state index contributed by atoms with van der Waals surface area (Å²) in [5, 5.41) is 15.4. The molecule has 0 aliphatic rings. The number of aromatic hydroxyl groups is 1. The van der Waals surface area contributed by atoms with Crippen LogP contribution in [0.5, 0.6) is 11.5 Å². The molecular weight excluding hydrogens is 467 g/mol. The van der Waals surface area contributed by atoms with Crippen LogP contribution in [0.15, 0.2) is 109 Å². The van der Waals surface area contributed by atoms with E-state index in [-0.39, 0.29) is 5.75 Å². The summed E-state index contributed by atoms with van der Waals surface area (Å²) in [7, 11) is -2.19. The summed E-state index contributed by atoms with van der Waals surface area (Å²) >= 11 is 0. The lowest BCUT2D eigenvalue weighted by molar-refractivity contribution is 0.313. The fourth-order valence-corrected chi connectivity index (χ4v) is 10.1. The molecule has 35 heavy (non-hydrogen) atoms. The minimum Gasteiger partial charge on any atom is -0.508 e. The molecule has 180 valence electrons. The maximum absolute atomic E-state index is 10.7. The van der Waals surface area contributed by atoms with Crippen molar-refractivity contribution >= 4 is 36.8 Å². The summed E-state index contributed by atoms with van der Waals surface area (Å²) in [6, 6.07) is 38.5. The zero-order valence-electron chi connectivity index (χ0n) is 20.7. The van der Waals surface area contributed by atoms with Crippen LogP contribution in [0.3, 0.4) is 0 Å². The molecule has 0 radical (unpaired) electrons. The quantitative estimate of drug-likeness (QED) is 0.174. The van der Waals surface area contributed by atoms with Crippen LogP contribution in [0.25, 0.3) is 0 Å². The van der Waals surface area contributed by atoms with Gasteiger partial charge in [-0.05, 0) is 74.1 Å². The van der Waals surface area contributed by atoms with E-state index < -0.39 is 15.6 Å². The van der Waals surface area contributed by atoms with Crippen LogP contribution in [0.1, 0.15) is 6.42 Å². The molecule has 4 aromatic rings. The SMILES string of the molecule is CO[Si](C)(C)CCCOc1ccc(O)cc1[P+](c1ccccc1)(c1ccccc1)c1ccccc1. The van der Waals surface area contributed by atoms with E-state index in [1.54, 1.807) is 6.07 Å². The van der Waals surface area contributed by atoms with Crippen LogP contribution in [0.4, 0.5) is 0 Å². The summed E-state index contributed by atoms with van der Waals surface area (Å²) in [4.78, 5) is 0. The molecule has 0 saturated heterocycles. The minimum absolute atomic E-state index is 0.243. The lowest BCUT2D eigenvalue weighted by atomic mass is 10.3. The van der Waals surface area contributed by atoms with E-state index in [4.69, 9.17) is 9.16 Å². The average Bonchev–Trinajstić information content (AvgIpc) is 2.90.